The van der Waals surface area contributed by atoms with Crippen molar-refractivity contribution in [2.75, 3.05) is 57.4 Å². The molecule has 2 amide bonds. The summed E-state index contributed by atoms with van der Waals surface area (Å²) in [7, 11) is -1.44. The van der Waals surface area contributed by atoms with E-state index in [1.54, 1.807) is 6.07 Å². The molecule has 1 saturated heterocycles. The molecule has 3 aliphatic rings. The van der Waals surface area contributed by atoms with Crippen LogP contribution >= 0.6 is 11.6 Å². The van der Waals surface area contributed by atoms with Gasteiger partial charge in [-0.05, 0) is 98.7 Å². The van der Waals surface area contributed by atoms with E-state index in [4.69, 9.17) is 21.1 Å². The number of nitrogens with one attached hydrogen (secondary N) is 1. The zero-order valence-corrected chi connectivity index (χ0v) is 32.3. The van der Waals surface area contributed by atoms with Crippen molar-refractivity contribution >= 4 is 40.1 Å². The number of anilines is 1. The number of amides is 2. The Morgan fingerprint density at radius 2 is 1.82 bits per heavy atom. The van der Waals surface area contributed by atoms with Crippen molar-refractivity contribution in [3.8, 4) is 5.75 Å². The fraction of sp³-hybridized carbons (Fsp3) is 0.641. The number of carbonyl (C=O) groups excluding carboxylic acids is 2. The predicted octanol–water partition coefficient (Wildman–Crippen LogP) is 6.73. The van der Waals surface area contributed by atoms with E-state index in [1.807, 2.05) is 32.0 Å². The van der Waals surface area contributed by atoms with Crippen molar-refractivity contribution < 1.29 is 23.3 Å². The van der Waals surface area contributed by atoms with Crippen LogP contribution in [0.25, 0.3) is 0 Å². The van der Waals surface area contributed by atoms with Crippen LogP contribution in [0.4, 0.5) is 5.69 Å². The highest BCUT2D eigenvalue weighted by Crippen LogP contribution is 2.45. The Hall–Kier alpha value is -2.66. The number of nitrogens with zero attached hydrogens (tertiary/aromatic N) is 2. The summed E-state index contributed by atoms with van der Waals surface area (Å²) in [6.07, 6.45) is 8.31. The Morgan fingerprint density at radius 1 is 1.08 bits per heavy atom. The van der Waals surface area contributed by atoms with Crippen molar-refractivity contribution in [2.24, 2.45) is 23.5 Å². The lowest BCUT2D eigenvalue weighted by Crippen LogP contribution is -2.47. The third-order valence-corrected chi connectivity index (χ3v) is 11.7. The second kappa shape index (κ2) is 19.8. The summed E-state index contributed by atoms with van der Waals surface area (Å²) in [6.45, 7) is 16.7. The molecule has 11 heteroatoms. The zero-order valence-electron chi connectivity index (χ0n) is 30.8. The van der Waals surface area contributed by atoms with Gasteiger partial charge in [0.05, 0.1) is 25.5 Å². The molecule has 0 spiro atoms. The molecule has 2 fully saturated rings. The maximum Gasteiger partial charge on any atom is 0.263 e. The molecule has 2 aromatic carbocycles. The van der Waals surface area contributed by atoms with E-state index in [1.165, 1.54) is 50.2 Å². The largest absolute Gasteiger partial charge is 0.491 e. The van der Waals surface area contributed by atoms with Gasteiger partial charge in [-0.2, -0.15) is 0 Å². The summed E-state index contributed by atoms with van der Waals surface area (Å²) in [6, 6.07) is 12.0. The van der Waals surface area contributed by atoms with Gasteiger partial charge < -0.3 is 20.1 Å². The summed E-state index contributed by atoms with van der Waals surface area (Å²) in [4.78, 5) is 27.5. The number of carbonyl (C=O) groups is 2. The molecule has 5 rings (SSSR count). The number of hydrogen-bond acceptors (Lipinski definition) is 7. The predicted molar refractivity (Wildman–Crippen MR) is 204 cm³/mol. The smallest absolute Gasteiger partial charge is 0.263 e. The standard InChI is InChI=1S/C37H54ClN3O4S.C2H5NO/c1-5-7-9-29(22-40-16-18-44-19-17-40)34-13-10-30(34)23-41-24-31(33-14-12-32(38)20-27(33)8-6-2)25-45-36-15-11-28(21-35(36)41)37(42)39-46(43)26(3)4;1-2(3)4/h11-12,14-15,20-21,26,29-31,34H,5-10,13,16-19,22-25H2,1-4H3,(H,39,42);1H3,(H2,3,4). The number of halogens is 1. The quantitative estimate of drug-likeness (QED) is 0.222. The van der Waals surface area contributed by atoms with E-state index in [2.05, 4.69) is 46.2 Å². The first kappa shape index (κ1) is 40.1. The van der Waals surface area contributed by atoms with Gasteiger partial charge in [0.1, 0.15) is 16.7 Å². The summed E-state index contributed by atoms with van der Waals surface area (Å²) >= 11 is 6.46. The summed E-state index contributed by atoms with van der Waals surface area (Å²) < 4.78 is 27.4. The van der Waals surface area contributed by atoms with Gasteiger partial charge in [-0.15, -0.1) is 0 Å². The molecule has 5 unspecified atom stereocenters. The average molecular weight is 731 g/mol. The van der Waals surface area contributed by atoms with Gasteiger partial charge in [-0.3, -0.25) is 19.2 Å². The van der Waals surface area contributed by atoms with E-state index >= 15 is 0 Å². The van der Waals surface area contributed by atoms with Crippen LogP contribution in [0.2, 0.25) is 5.02 Å². The molecule has 0 radical (unpaired) electrons. The number of morpholine rings is 1. The topological polar surface area (TPSA) is 114 Å². The lowest BCUT2D eigenvalue weighted by Gasteiger charge is -2.46. The molecule has 0 bridgehead atoms. The second-order valence-electron chi connectivity index (χ2n) is 14.4. The molecular formula is C39H59ClN4O5S. The molecule has 278 valence electrons. The Balaban J connectivity index is 0.00000133. The van der Waals surface area contributed by atoms with E-state index in [0.29, 0.717) is 29.9 Å². The van der Waals surface area contributed by atoms with Crippen LogP contribution < -0.4 is 20.1 Å². The Bertz CT molecular complexity index is 1430. The molecule has 50 heavy (non-hydrogen) atoms. The Labute approximate surface area is 307 Å². The van der Waals surface area contributed by atoms with Gasteiger partial charge in [-0.1, -0.05) is 50.8 Å². The number of primary amides is 1. The van der Waals surface area contributed by atoms with Crippen molar-refractivity contribution in [1.82, 2.24) is 9.62 Å². The highest BCUT2D eigenvalue weighted by atomic mass is 35.5. The monoisotopic (exact) mass is 730 g/mol. The minimum absolute atomic E-state index is 0.157. The molecule has 2 aliphatic heterocycles. The van der Waals surface area contributed by atoms with Gasteiger partial charge >= 0.3 is 0 Å². The maximum absolute atomic E-state index is 13.2. The second-order valence-corrected chi connectivity index (χ2v) is 16.6. The van der Waals surface area contributed by atoms with E-state index in [-0.39, 0.29) is 23.0 Å². The van der Waals surface area contributed by atoms with E-state index in [0.717, 1.165) is 75.2 Å². The SMILES string of the molecule is CC(N)=O.CCCCC(CN1CCOCC1)C1CCC1CN1CC(c2ccc(Cl)cc2CCC)COc2ccc(C(=O)NS(=O)C(C)C)cc21. The van der Waals surface area contributed by atoms with Crippen molar-refractivity contribution in [2.45, 2.75) is 90.7 Å². The van der Waals surface area contributed by atoms with Gasteiger partial charge in [0.15, 0.2) is 0 Å². The zero-order chi connectivity index (χ0) is 36.2. The molecule has 2 aromatic rings. The molecule has 2 heterocycles. The Morgan fingerprint density at radius 3 is 2.46 bits per heavy atom. The third-order valence-electron chi connectivity index (χ3n) is 10.2. The number of ether oxygens (including phenoxy) is 2. The molecule has 1 saturated carbocycles. The minimum Gasteiger partial charge on any atom is -0.491 e. The maximum atomic E-state index is 13.2. The first-order chi connectivity index (χ1) is 24.0. The van der Waals surface area contributed by atoms with Crippen LogP contribution in [-0.2, 0) is 26.9 Å². The first-order valence-electron chi connectivity index (χ1n) is 18.6. The number of aryl methyl sites for hydroxylation is 1. The van der Waals surface area contributed by atoms with Crippen molar-refractivity contribution in [3.63, 3.8) is 0 Å². The minimum atomic E-state index is -1.44. The highest BCUT2D eigenvalue weighted by molar-refractivity contribution is 7.84. The number of hydrogen-bond donors (Lipinski definition) is 2. The van der Waals surface area contributed by atoms with E-state index < -0.39 is 11.0 Å². The normalized spacial score (nSPS) is 21.8. The van der Waals surface area contributed by atoms with Crippen LogP contribution in [0.1, 0.15) is 101 Å². The van der Waals surface area contributed by atoms with Gasteiger partial charge in [0, 0.05) is 61.4 Å². The average Bonchev–Trinajstić information content (AvgIpc) is 3.25. The number of benzene rings is 2. The van der Waals surface area contributed by atoms with Crippen LogP contribution in [0.15, 0.2) is 36.4 Å². The first-order valence-corrected chi connectivity index (χ1v) is 20.2. The molecule has 3 N–H and O–H groups in total. The molecule has 5 atom stereocenters. The number of rotatable bonds is 14. The van der Waals surface area contributed by atoms with Crippen molar-refractivity contribution in [1.29, 1.82) is 0 Å². The van der Waals surface area contributed by atoms with Crippen LogP contribution in [0.5, 0.6) is 5.75 Å². The molecular weight excluding hydrogens is 672 g/mol. The third kappa shape index (κ3) is 11.4. The lowest BCUT2D eigenvalue weighted by molar-refractivity contribution is -0.115. The Kier molecular flexibility index (Phi) is 15.9. The molecule has 1 aliphatic carbocycles. The highest BCUT2D eigenvalue weighted by Gasteiger charge is 2.39. The van der Waals surface area contributed by atoms with Crippen LogP contribution in [0.3, 0.4) is 0 Å². The lowest BCUT2D eigenvalue weighted by atomic mass is 9.65. The molecule has 0 aromatic heterocycles. The number of fused-ring (bicyclic) bond motifs is 1. The number of nitrogens with two attached hydrogens (primary N) is 1. The molecule has 9 nitrogen and oxygen atoms in total. The summed E-state index contributed by atoms with van der Waals surface area (Å²) in [5.41, 5.74) is 8.53. The van der Waals surface area contributed by atoms with Crippen molar-refractivity contribution in [3.05, 3.63) is 58.1 Å². The van der Waals surface area contributed by atoms with Gasteiger partial charge in [0.25, 0.3) is 5.91 Å². The van der Waals surface area contributed by atoms with Gasteiger partial charge in [-0.25, -0.2) is 4.21 Å². The number of unbranched alkanes of at least 4 members (excludes halogenated alkanes) is 1. The van der Waals surface area contributed by atoms with Gasteiger partial charge in [0.2, 0.25) is 5.91 Å². The fourth-order valence-electron chi connectivity index (χ4n) is 7.47. The van der Waals surface area contributed by atoms with Crippen LogP contribution in [0, 0.1) is 17.8 Å². The van der Waals surface area contributed by atoms with Crippen LogP contribution in [-0.4, -0.2) is 78.7 Å². The van der Waals surface area contributed by atoms with E-state index in [9.17, 15) is 13.8 Å². The summed E-state index contributed by atoms with van der Waals surface area (Å²) in [5, 5.41) is 0.614. The summed E-state index contributed by atoms with van der Waals surface area (Å²) in [5.74, 6) is 2.28. The fourth-order valence-corrected chi connectivity index (χ4v) is 8.20.